The molecule has 2 aliphatic heterocycles. The Balaban J connectivity index is 1.93. The number of terminal acetylenes is 2. The minimum atomic E-state index is -1.57. The zero-order chi connectivity index (χ0) is 27.3. The number of amides is 1. The molecule has 2 heterocycles. The number of nitrogens with one attached hydrogen (secondary N) is 2. The van der Waals surface area contributed by atoms with Gasteiger partial charge in [0.15, 0.2) is 0 Å². The molecular formula is C27H28F2N4O4. The van der Waals surface area contributed by atoms with Crippen molar-refractivity contribution in [2.24, 2.45) is 11.8 Å². The van der Waals surface area contributed by atoms with E-state index in [1.54, 1.807) is 4.90 Å². The zero-order valence-corrected chi connectivity index (χ0v) is 20.6. The summed E-state index contributed by atoms with van der Waals surface area (Å²) in [7, 11) is 0. The van der Waals surface area contributed by atoms with Crippen LogP contribution in [0.2, 0.25) is 0 Å². The molecular weight excluding hydrogens is 482 g/mol. The van der Waals surface area contributed by atoms with E-state index in [1.165, 1.54) is 17.3 Å². The molecule has 2 atom stereocenters. The first-order valence-electron chi connectivity index (χ1n) is 11.7. The lowest BCUT2D eigenvalue weighted by Gasteiger charge is -2.44. The summed E-state index contributed by atoms with van der Waals surface area (Å²) in [4.78, 5) is 40.3. The van der Waals surface area contributed by atoms with E-state index in [1.807, 2.05) is 5.92 Å². The van der Waals surface area contributed by atoms with Gasteiger partial charge in [0.1, 0.15) is 29.4 Å². The predicted octanol–water partition coefficient (Wildman–Crippen LogP) is 2.15. The van der Waals surface area contributed by atoms with Gasteiger partial charge < -0.3 is 10.4 Å². The van der Waals surface area contributed by atoms with Crippen molar-refractivity contribution < 1.29 is 28.3 Å². The summed E-state index contributed by atoms with van der Waals surface area (Å²) in [5.41, 5.74) is 2.80. The number of carbonyl (C=O) groups excluding carboxylic acids is 3. The third-order valence-electron chi connectivity index (χ3n) is 6.18. The van der Waals surface area contributed by atoms with Gasteiger partial charge in [0.05, 0.1) is 17.9 Å². The van der Waals surface area contributed by atoms with Gasteiger partial charge in [-0.25, -0.2) is 14.2 Å². The van der Waals surface area contributed by atoms with Crippen LogP contribution in [0.4, 0.5) is 8.78 Å². The highest BCUT2D eigenvalue weighted by Gasteiger charge is 2.45. The number of Topliss-reactive ketones (excluding diaryl/α,β-unsaturated/α-hetero) is 2. The number of hydrogen-bond donors (Lipinski definition) is 3. The molecule has 1 aromatic carbocycles. The van der Waals surface area contributed by atoms with Gasteiger partial charge in [-0.15, -0.1) is 12.8 Å². The quantitative estimate of drug-likeness (QED) is 0.346. The molecule has 2 unspecified atom stereocenters. The first-order valence-corrected chi connectivity index (χ1v) is 11.7. The Morgan fingerprint density at radius 3 is 2.54 bits per heavy atom. The van der Waals surface area contributed by atoms with Gasteiger partial charge in [0.25, 0.3) is 0 Å². The van der Waals surface area contributed by atoms with E-state index >= 15 is 0 Å². The minimum Gasteiger partial charge on any atom is -0.509 e. The van der Waals surface area contributed by atoms with Crippen LogP contribution >= 0.6 is 0 Å². The number of carbonyl (C=O) groups is 3. The number of nitrogens with zero attached hydrogens (tertiary/aromatic N) is 2. The SMILES string of the molecule is C#CC(=O)C1C(C(=O)NCc2ccc(F)cc2F)=CN2NCN(CCCC(C)C)C(C(=O)C#C)C2=C1O. The van der Waals surface area contributed by atoms with E-state index < -0.39 is 46.8 Å². The number of benzene rings is 1. The van der Waals surface area contributed by atoms with Crippen molar-refractivity contribution >= 4 is 17.5 Å². The lowest BCUT2D eigenvalue weighted by atomic mass is 9.86. The molecule has 3 N–H and O–H groups in total. The Bertz CT molecular complexity index is 1240. The molecule has 3 rings (SSSR count). The van der Waals surface area contributed by atoms with Crippen LogP contribution in [0.3, 0.4) is 0 Å². The molecule has 2 aliphatic rings. The molecule has 37 heavy (non-hydrogen) atoms. The normalized spacial score (nSPS) is 19.5. The molecule has 0 aliphatic carbocycles. The summed E-state index contributed by atoms with van der Waals surface area (Å²) < 4.78 is 27.2. The maximum Gasteiger partial charge on any atom is 0.250 e. The summed E-state index contributed by atoms with van der Waals surface area (Å²) in [6.45, 7) is 4.50. The molecule has 0 spiro atoms. The van der Waals surface area contributed by atoms with E-state index in [0.717, 1.165) is 18.9 Å². The van der Waals surface area contributed by atoms with Gasteiger partial charge in [-0.1, -0.05) is 19.9 Å². The highest BCUT2D eigenvalue weighted by atomic mass is 19.1. The van der Waals surface area contributed by atoms with Gasteiger partial charge >= 0.3 is 0 Å². The summed E-state index contributed by atoms with van der Waals surface area (Å²) >= 11 is 0. The molecule has 1 fully saturated rings. The van der Waals surface area contributed by atoms with Crippen LogP contribution in [0.15, 0.2) is 41.4 Å². The first-order chi connectivity index (χ1) is 17.6. The second kappa shape index (κ2) is 11.8. The molecule has 0 radical (unpaired) electrons. The third kappa shape index (κ3) is 6.05. The average Bonchev–Trinajstić information content (AvgIpc) is 2.86. The van der Waals surface area contributed by atoms with E-state index in [2.05, 4.69) is 30.5 Å². The fourth-order valence-electron chi connectivity index (χ4n) is 4.30. The van der Waals surface area contributed by atoms with Gasteiger partial charge in [-0.05, 0) is 36.7 Å². The molecule has 1 aromatic rings. The molecule has 1 saturated heterocycles. The topological polar surface area (TPSA) is 102 Å². The molecule has 0 saturated carbocycles. The van der Waals surface area contributed by atoms with Crippen molar-refractivity contribution in [1.82, 2.24) is 20.7 Å². The Labute approximate surface area is 214 Å². The molecule has 194 valence electrons. The van der Waals surface area contributed by atoms with Crippen LogP contribution in [0, 0.1) is 48.2 Å². The number of hydrogen-bond acceptors (Lipinski definition) is 7. The van der Waals surface area contributed by atoms with Crippen molar-refractivity contribution in [3.63, 3.8) is 0 Å². The molecule has 0 aromatic heterocycles. The average molecular weight is 511 g/mol. The highest BCUT2D eigenvalue weighted by Crippen LogP contribution is 2.35. The summed E-state index contributed by atoms with van der Waals surface area (Å²) in [5, 5.41) is 14.9. The Morgan fingerprint density at radius 1 is 1.22 bits per heavy atom. The van der Waals surface area contributed by atoms with Crippen molar-refractivity contribution in [3.8, 4) is 24.7 Å². The lowest BCUT2D eigenvalue weighted by Crippen LogP contribution is -2.60. The van der Waals surface area contributed by atoms with E-state index in [0.29, 0.717) is 18.5 Å². The molecule has 8 nitrogen and oxygen atoms in total. The van der Waals surface area contributed by atoms with Crippen LogP contribution in [0.1, 0.15) is 32.3 Å². The number of aliphatic hydroxyl groups excluding tert-OH is 1. The number of halogens is 2. The molecule has 10 heteroatoms. The number of aliphatic hydroxyl groups is 1. The van der Waals surface area contributed by atoms with Gasteiger partial charge in [-0.2, -0.15) is 0 Å². The van der Waals surface area contributed by atoms with Crippen LogP contribution in [-0.2, 0) is 20.9 Å². The van der Waals surface area contributed by atoms with E-state index in [4.69, 9.17) is 12.8 Å². The second-order valence-electron chi connectivity index (χ2n) is 9.16. The third-order valence-corrected chi connectivity index (χ3v) is 6.18. The van der Waals surface area contributed by atoms with Gasteiger partial charge in [-0.3, -0.25) is 24.3 Å². The number of allylic oxidation sites excluding steroid dienone is 1. The number of ketones is 2. The van der Waals surface area contributed by atoms with Gasteiger partial charge in [0, 0.05) is 30.9 Å². The van der Waals surface area contributed by atoms with Crippen molar-refractivity contribution in [1.29, 1.82) is 0 Å². The predicted molar refractivity (Wildman–Crippen MR) is 132 cm³/mol. The van der Waals surface area contributed by atoms with Crippen molar-refractivity contribution in [3.05, 3.63) is 58.6 Å². The Kier molecular flexibility index (Phi) is 8.82. The Hall–Kier alpha value is -3.99. The fourth-order valence-corrected chi connectivity index (χ4v) is 4.30. The van der Waals surface area contributed by atoms with Crippen molar-refractivity contribution in [2.75, 3.05) is 13.2 Å². The second-order valence-corrected chi connectivity index (χ2v) is 9.16. The van der Waals surface area contributed by atoms with E-state index in [9.17, 15) is 28.3 Å². The zero-order valence-electron chi connectivity index (χ0n) is 20.6. The smallest absolute Gasteiger partial charge is 0.250 e. The van der Waals surface area contributed by atoms with E-state index in [-0.39, 0.29) is 30.0 Å². The molecule has 1 amide bonds. The number of hydrazine groups is 1. The summed E-state index contributed by atoms with van der Waals surface area (Å²) in [6.07, 6.45) is 13.7. The van der Waals surface area contributed by atoms with Crippen molar-refractivity contribution in [2.45, 2.75) is 39.3 Å². The van der Waals surface area contributed by atoms with Crippen LogP contribution in [0.25, 0.3) is 0 Å². The maximum atomic E-state index is 14.0. The maximum absolute atomic E-state index is 14.0. The lowest BCUT2D eigenvalue weighted by molar-refractivity contribution is -0.123. The fraction of sp³-hybridized carbons (Fsp3) is 0.370. The largest absolute Gasteiger partial charge is 0.509 e. The van der Waals surface area contributed by atoms with Crippen LogP contribution < -0.4 is 10.7 Å². The molecule has 0 bridgehead atoms. The Morgan fingerprint density at radius 2 is 1.92 bits per heavy atom. The highest BCUT2D eigenvalue weighted by molar-refractivity contribution is 6.09. The monoisotopic (exact) mass is 510 g/mol. The van der Waals surface area contributed by atoms with Crippen LogP contribution in [0.5, 0.6) is 0 Å². The summed E-state index contributed by atoms with van der Waals surface area (Å²) in [5.74, 6) is -1.68. The standard InChI is InChI=1S/C27H28F2N4O4/c1-5-21(34)23-19(27(37)30-13-17-9-10-18(28)12-20(17)29)14-33-25(26(23)36)24(22(35)6-2)32(15-31-33)11-7-8-16(3)4/h1-2,9-10,12,14,16,23-24,31,36H,7-8,11,13,15H2,3-4H3,(H,30,37). The number of rotatable bonds is 9. The van der Waals surface area contributed by atoms with Crippen LogP contribution in [-0.4, -0.2) is 51.7 Å². The first kappa shape index (κ1) is 27.6. The number of fused-ring (bicyclic) bond motifs is 1. The minimum absolute atomic E-state index is 0.00785. The van der Waals surface area contributed by atoms with Gasteiger partial charge in [0.2, 0.25) is 17.5 Å². The summed E-state index contributed by atoms with van der Waals surface area (Å²) in [6, 6.07) is 1.83.